The molecule has 5 nitrogen and oxygen atoms in total. The predicted molar refractivity (Wildman–Crippen MR) is 107 cm³/mol. The maximum atomic E-state index is 13.9. The Bertz CT molecular complexity index is 824. The van der Waals surface area contributed by atoms with E-state index in [0.29, 0.717) is 17.1 Å². The normalized spacial score (nSPS) is 10.7. The van der Waals surface area contributed by atoms with Crippen LogP contribution >= 0.6 is 24.0 Å². The Hall–Kier alpha value is -2.48. The van der Waals surface area contributed by atoms with Gasteiger partial charge in [-0.1, -0.05) is 24.3 Å². The number of rotatable bonds is 6. The van der Waals surface area contributed by atoms with E-state index >= 15 is 0 Å². The lowest BCUT2D eigenvalue weighted by Gasteiger charge is -2.14. The van der Waals surface area contributed by atoms with Gasteiger partial charge in [-0.25, -0.2) is 4.39 Å². The number of nitrogens with zero attached hydrogens (tertiary/aromatic N) is 2. The molecule has 2 aromatic carbocycles. The minimum atomic E-state index is -2.91. The van der Waals surface area contributed by atoms with Gasteiger partial charge in [-0.3, -0.25) is 4.99 Å². The number of nitriles is 1. The molecule has 0 aliphatic heterocycles. The summed E-state index contributed by atoms with van der Waals surface area (Å²) in [5, 5.41) is 14.6. The van der Waals surface area contributed by atoms with E-state index in [2.05, 4.69) is 20.4 Å². The lowest BCUT2D eigenvalue weighted by molar-refractivity contribution is -0.0504. The Morgan fingerprint density at radius 1 is 1.15 bits per heavy atom. The number of guanidine groups is 1. The van der Waals surface area contributed by atoms with E-state index in [1.54, 1.807) is 18.2 Å². The summed E-state index contributed by atoms with van der Waals surface area (Å²) < 4.78 is 43.2. The second-order valence-corrected chi connectivity index (χ2v) is 5.18. The highest BCUT2D eigenvalue weighted by Crippen LogP contribution is 2.19. The van der Waals surface area contributed by atoms with Crippen LogP contribution in [0.2, 0.25) is 0 Å². The zero-order valence-corrected chi connectivity index (χ0v) is 16.7. The molecule has 0 fully saturated rings. The smallest absolute Gasteiger partial charge is 0.387 e. The van der Waals surface area contributed by atoms with Crippen molar-refractivity contribution < 1.29 is 17.9 Å². The molecule has 2 N–H and O–H groups in total. The average molecular weight is 490 g/mol. The Kier molecular flexibility index (Phi) is 9.42. The molecule has 27 heavy (non-hydrogen) atoms. The number of nitrogens with one attached hydrogen (secondary N) is 2. The number of benzene rings is 2. The van der Waals surface area contributed by atoms with Crippen LogP contribution in [0.1, 0.15) is 16.7 Å². The summed E-state index contributed by atoms with van der Waals surface area (Å²) in [6.07, 6.45) is 0. The van der Waals surface area contributed by atoms with Crippen LogP contribution in [0.15, 0.2) is 47.5 Å². The van der Waals surface area contributed by atoms with Gasteiger partial charge in [-0.2, -0.15) is 14.0 Å². The fourth-order valence-electron chi connectivity index (χ4n) is 2.20. The Morgan fingerprint density at radius 3 is 2.41 bits per heavy atom. The summed E-state index contributed by atoms with van der Waals surface area (Å²) in [5.74, 6) is -0.0631. The standard InChI is InChI=1S/C18H17F3N4O.HI/c1-23-18(24-10-13-7-6-12(9-22)8-15(13)19)25-11-14-4-2-3-5-16(14)26-17(20)21;/h2-8,17H,10-11H2,1H3,(H2,23,24,25);1H. The molecular formula is C18H18F3IN4O. The van der Waals surface area contributed by atoms with Gasteiger partial charge in [0, 0.05) is 31.3 Å². The van der Waals surface area contributed by atoms with Gasteiger partial charge in [0.2, 0.25) is 0 Å². The van der Waals surface area contributed by atoms with E-state index in [-0.39, 0.29) is 48.4 Å². The minimum absolute atomic E-state index is 0. The molecule has 0 spiro atoms. The first-order chi connectivity index (χ1) is 12.5. The van der Waals surface area contributed by atoms with Gasteiger partial charge in [0.25, 0.3) is 0 Å². The lowest BCUT2D eigenvalue weighted by atomic mass is 10.1. The third-order valence-electron chi connectivity index (χ3n) is 3.49. The van der Waals surface area contributed by atoms with Crippen LogP contribution in [-0.2, 0) is 13.1 Å². The second-order valence-electron chi connectivity index (χ2n) is 5.18. The van der Waals surface area contributed by atoms with Gasteiger partial charge in [0.1, 0.15) is 11.6 Å². The quantitative estimate of drug-likeness (QED) is 0.368. The van der Waals surface area contributed by atoms with Crippen LogP contribution < -0.4 is 15.4 Å². The fourth-order valence-corrected chi connectivity index (χ4v) is 2.20. The molecule has 0 aromatic heterocycles. The Morgan fingerprint density at radius 2 is 1.81 bits per heavy atom. The summed E-state index contributed by atoms with van der Waals surface area (Å²) >= 11 is 0. The highest BCUT2D eigenvalue weighted by Gasteiger charge is 2.10. The van der Waals surface area contributed by atoms with Crippen molar-refractivity contribution >= 4 is 29.9 Å². The first-order valence-corrected chi connectivity index (χ1v) is 7.69. The van der Waals surface area contributed by atoms with E-state index in [0.717, 1.165) is 6.07 Å². The molecule has 0 atom stereocenters. The topological polar surface area (TPSA) is 69.4 Å². The van der Waals surface area contributed by atoms with Crippen LogP contribution in [0.5, 0.6) is 5.75 Å². The van der Waals surface area contributed by atoms with Crippen molar-refractivity contribution in [3.05, 3.63) is 65.0 Å². The zero-order valence-electron chi connectivity index (χ0n) is 14.4. The maximum Gasteiger partial charge on any atom is 0.387 e. The number of hydrogen-bond acceptors (Lipinski definition) is 3. The molecule has 0 aliphatic carbocycles. The van der Waals surface area contributed by atoms with Crippen molar-refractivity contribution in [2.24, 2.45) is 4.99 Å². The number of ether oxygens (including phenoxy) is 1. The predicted octanol–water partition coefficient (Wildman–Crippen LogP) is 3.78. The number of alkyl halides is 2. The molecule has 144 valence electrons. The van der Waals surface area contributed by atoms with E-state index < -0.39 is 12.4 Å². The number of hydrogen-bond donors (Lipinski definition) is 2. The SMILES string of the molecule is CN=C(NCc1ccc(C#N)cc1F)NCc1ccccc1OC(F)F.I. The van der Waals surface area contributed by atoms with Crippen LogP contribution in [0, 0.1) is 17.1 Å². The fraction of sp³-hybridized carbons (Fsp3) is 0.222. The van der Waals surface area contributed by atoms with Gasteiger partial charge in [-0.05, 0) is 18.2 Å². The molecule has 2 rings (SSSR count). The van der Waals surface area contributed by atoms with E-state index in [1.165, 1.54) is 25.2 Å². The summed E-state index contributed by atoms with van der Waals surface area (Å²) in [6.45, 7) is -2.57. The molecule has 0 amide bonds. The third kappa shape index (κ3) is 6.97. The maximum absolute atomic E-state index is 13.9. The van der Waals surface area contributed by atoms with Crippen molar-refractivity contribution in [2.75, 3.05) is 7.05 Å². The molecule has 0 heterocycles. The van der Waals surface area contributed by atoms with Gasteiger partial charge >= 0.3 is 6.61 Å². The Labute approximate surface area is 172 Å². The van der Waals surface area contributed by atoms with Gasteiger partial charge < -0.3 is 15.4 Å². The molecule has 0 saturated carbocycles. The van der Waals surface area contributed by atoms with Crippen molar-refractivity contribution in [1.29, 1.82) is 5.26 Å². The van der Waals surface area contributed by atoms with Crippen LogP contribution in [-0.4, -0.2) is 19.6 Å². The third-order valence-corrected chi connectivity index (χ3v) is 3.49. The van der Waals surface area contributed by atoms with Crippen molar-refractivity contribution in [1.82, 2.24) is 10.6 Å². The van der Waals surface area contributed by atoms with Crippen molar-refractivity contribution in [3.63, 3.8) is 0 Å². The van der Waals surface area contributed by atoms with Crippen LogP contribution in [0.25, 0.3) is 0 Å². The van der Waals surface area contributed by atoms with Crippen LogP contribution in [0.4, 0.5) is 13.2 Å². The second kappa shape index (κ2) is 11.3. The Balaban J connectivity index is 0.00000364. The number of halogens is 4. The van der Waals surface area contributed by atoms with E-state index in [4.69, 9.17) is 5.26 Å². The van der Waals surface area contributed by atoms with Gasteiger partial charge in [0.15, 0.2) is 5.96 Å². The first kappa shape index (κ1) is 22.6. The highest BCUT2D eigenvalue weighted by atomic mass is 127. The molecule has 2 aromatic rings. The molecule has 0 unspecified atom stereocenters. The monoisotopic (exact) mass is 490 g/mol. The molecule has 0 aliphatic rings. The first-order valence-electron chi connectivity index (χ1n) is 7.69. The zero-order chi connectivity index (χ0) is 18.9. The van der Waals surface area contributed by atoms with Crippen LogP contribution in [0.3, 0.4) is 0 Å². The summed E-state index contributed by atoms with van der Waals surface area (Å²) in [7, 11) is 1.53. The molecule has 0 radical (unpaired) electrons. The average Bonchev–Trinajstić information content (AvgIpc) is 2.63. The van der Waals surface area contributed by atoms with E-state index in [9.17, 15) is 13.2 Å². The molecule has 9 heteroatoms. The van der Waals surface area contributed by atoms with Gasteiger partial charge in [0.05, 0.1) is 11.6 Å². The number of para-hydroxylation sites is 1. The largest absolute Gasteiger partial charge is 0.434 e. The van der Waals surface area contributed by atoms with E-state index in [1.807, 2.05) is 6.07 Å². The highest BCUT2D eigenvalue weighted by molar-refractivity contribution is 14.0. The molecular weight excluding hydrogens is 472 g/mol. The molecule has 0 saturated heterocycles. The summed E-state index contributed by atoms with van der Waals surface area (Å²) in [5.41, 5.74) is 1.14. The van der Waals surface area contributed by atoms with Crippen molar-refractivity contribution in [3.8, 4) is 11.8 Å². The van der Waals surface area contributed by atoms with Crippen molar-refractivity contribution in [2.45, 2.75) is 19.7 Å². The summed E-state index contributed by atoms with van der Waals surface area (Å²) in [6, 6.07) is 12.5. The lowest BCUT2D eigenvalue weighted by Crippen LogP contribution is -2.36. The van der Waals surface area contributed by atoms with Gasteiger partial charge in [-0.15, -0.1) is 24.0 Å². The number of aliphatic imine (C=N–C) groups is 1. The summed E-state index contributed by atoms with van der Waals surface area (Å²) in [4.78, 5) is 4.00. The molecule has 0 bridgehead atoms. The minimum Gasteiger partial charge on any atom is -0.434 e.